The fraction of sp³-hybridized carbons (Fsp3) is 0.171. The molecule has 2 aliphatic rings. The number of carbonyl (C=O) groups excluding carboxylic acids is 2. The second-order valence-electron chi connectivity index (χ2n) is 11.0. The Kier molecular flexibility index (Phi) is 7.30. The van der Waals surface area contributed by atoms with Crippen molar-refractivity contribution in [3.63, 3.8) is 0 Å². The van der Waals surface area contributed by atoms with Crippen molar-refractivity contribution in [2.75, 3.05) is 36.0 Å². The van der Waals surface area contributed by atoms with E-state index in [4.69, 9.17) is 9.47 Å². The van der Waals surface area contributed by atoms with Crippen molar-refractivity contribution in [1.29, 1.82) is 0 Å². The Bertz CT molecular complexity index is 1910. The Balaban J connectivity index is 1.15. The molecule has 0 spiro atoms. The third-order valence-electron chi connectivity index (χ3n) is 8.25. The fourth-order valence-corrected chi connectivity index (χ4v) is 5.98. The molecule has 5 aromatic rings. The van der Waals surface area contributed by atoms with Crippen molar-refractivity contribution < 1.29 is 29.0 Å². The highest BCUT2D eigenvalue weighted by Gasteiger charge is 2.33. The number of anilines is 2. The quantitative estimate of drug-likeness (QED) is 0.242. The maximum Gasteiger partial charge on any atom is 0.416 e. The van der Waals surface area contributed by atoms with E-state index >= 15 is 0 Å². The van der Waals surface area contributed by atoms with Gasteiger partial charge >= 0.3 is 12.2 Å². The van der Waals surface area contributed by atoms with Crippen molar-refractivity contribution in [2.45, 2.75) is 13.2 Å². The lowest BCUT2D eigenvalue weighted by Crippen LogP contribution is -2.49. The highest BCUT2D eigenvalue weighted by Crippen LogP contribution is 2.44. The van der Waals surface area contributed by atoms with E-state index in [9.17, 15) is 19.5 Å². The predicted molar refractivity (Wildman–Crippen MR) is 169 cm³/mol. The number of ether oxygens (including phenoxy) is 2. The molecule has 0 unspecified atom stereocenters. The Morgan fingerprint density at radius 3 is 2.31 bits per heavy atom. The number of hydrogen-bond acceptors (Lipinski definition) is 6. The number of benzene rings is 4. The van der Waals surface area contributed by atoms with Gasteiger partial charge in [-0.1, -0.05) is 66.7 Å². The first-order chi connectivity index (χ1) is 22.0. The van der Waals surface area contributed by atoms with Crippen LogP contribution in [0.2, 0.25) is 0 Å². The lowest BCUT2D eigenvalue weighted by molar-refractivity contribution is 0.0941. The van der Waals surface area contributed by atoms with Crippen LogP contribution in [0, 0.1) is 0 Å². The van der Waals surface area contributed by atoms with Crippen LogP contribution < -0.4 is 14.5 Å². The molecule has 1 N–H and O–H groups in total. The molecular weight excluding hydrogens is 572 g/mol. The first kappa shape index (κ1) is 28.0. The van der Waals surface area contributed by atoms with Gasteiger partial charge in [0.05, 0.1) is 29.0 Å². The normalized spacial score (nSPS) is 14.4. The summed E-state index contributed by atoms with van der Waals surface area (Å²) in [4.78, 5) is 44.5. The van der Waals surface area contributed by atoms with Crippen LogP contribution in [0.1, 0.15) is 21.5 Å². The van der Waals surface area contributed by atoms with Crippen molar-refractivity contribution in [2.24, 2.45) is 0 Å². The molecule has 10 heteroatoms. The van der Waals surface area contributed by atoms with E-state index in [-0.39, 0.29) is 25.2 Å². The first-order valence-electron chi connectivity index (χ1n) is 14.7. The maximum absolute atomic E-state index is 14.3. The number of para-hydroxylation sites is 4. The predicted octanol–water partition coefficient (Wildman–Crippen LogP) is 6.58. The van der Waals surface area contributed by atoms with Gasteiger partial charge in [-0.2, -0.15) is 0 Å². The Morgan fingerprint density at radius 2 is 1.51 bits per heavy atom. The largest absolute Gasteiger partial charge is 0.464 e. The van der Waals surface area contributed by atoms with Crippen LogP contribution in [0.3, 0.4) is 0 Å². The number of hydrogen-bond donors (Lipinski definition) is 1. The summed E-state index contributed by atoms with van der Waals surface area (Å²) < 4.78 is 13.2. The standard InChI is InChI=1S/C35H30N4O6/c40-33-27-12-8-15-30(36-17-19-37(20-18-36)35(43)44-23-24-9-2-1-3-10-24)32(27)45-31-16-7-6-14-29(31)38(33)21-25-22-39(34(41)42)28-13-5-4-11-26(25)28/h1-16,22H,17-21,23H2,(H,41,42). The minimum absolute atomic E-state index is 0.146. The SMILES string of the molecule is O=C(OCc1ccccc1)N1CCN(c2cccc3c2Oc2ccccc2N(Cc2cn(C(=O)O)c4ccccc24)C3=O)CC1. The van der Waals surface area contributed by atoms with E-state index in [0.29, 0.717) is 60.0 Å². The van der Waals surface area contributed by atoms with Gasteiger partial charge in [-0.25, -0.2) is 9.59 Å². The molecule has 2 aliphatic heterocycles. The van der Waals surface area contributed by atoms with Gasteiger partial charge < -0.3 is 29.3 Å². The molecule has 4 aromatic carbocycles. The van der Waals surface area contributed by atoms with Crippen LogP contribution in [0.5, 0.6) is 11.5 Å². The van der Waals surface area contributed by atoms with Gasteiger partial charge in [-0.05, 0) is 41.5 Å². The molecular formula is C35H30N4O6. The van der Waals surface area contributed by atoms with E-state index in [2.05, 4.69) is 4.90 Å². The Labute approximate surface area is 259 Å². The molecule has 0 bridgehead atoms. The van der Waals surface area contributed by atoms with Gasteiger partial charge in [0.15, 0.2) is 11.5 Å². The summed E-state index contributed by atoms with van der Waals surface area (Å²) in [5.41, 5.74) is 3.93. The molecule has 10 nitrogen and oxygen atoms in total. The minimum Gasteiger partial charge on any atom is -0.464 e. The number of rotatable bonds is 5. The van der Waals surface area contributed by atoms with E-state index in [1.54, 1.807) is 34.2 Å². The molecule has 0 atom stereocenters. The zero-order valence-electron chi connectivity index (χ0n) is 24.3. The third kappa shape index (κ3) is 5.31. The van der Waals surface area contributed by atoms with Crippen LogP contribution >= 0.6 is 0 Å². The number of fused-ring (bicyclic) bond motifs is 3. The van der Waals surface area contributed by atoms with Crippen molar-refractivity contribution >= 4 is 40.4 Å². The van der Waals surface area contributed by atoms with Crippen LogP contribution in [0.4, 0.5) is 21.0 Å². The van der Waals surface area contributed by atoms with Crippen LogP contribution in [0.15, 0.2) is 103 Å². The summed E-state index contributed by atoms with van der Waals surface area (Å²) >= 11 is 0. The highest BCUT2D eigenvalue weighted by atomic mass is 16.6. The lowest BCUT2D eigenvalue weighted by atomic mass is 10.1. The number of carbonyl (C=O) groups is 3. The number of amides is 2. The summed E-state index contributed by atoms with van der Waals surface area (Å²) in [6.45, 7) is 2.36. The molecule has 0 aliphatic carbocycles. The van der Waals surface area contributed by atoms with Crippen molar-refractivity contribution in [3.8, 4) is 11.5 Å². The highest BCUT2D eigenvalue weighted by molar-refractivity contribution is 6.11. The summed E-state index contributed by atoms with van der Waals surface area (Å²) in [6.07, 6.45) is 0.115. The molecule has 2 amide bonds. The summed E-state index contributed by atoms with van der Waals surface area (Å²) in [7, 11) is 0. The topological polar surface area (TPSA) is 105 Å². The molecule has 1 aromatic heterocycles. The Morgan fingerprint density at radius 1 is 0.800 bits per heavy atom. The Hall–Kier alpha value is -5.77. The van der Waals surface area contributed by atoms with Crippen LogP contribution in [-0.2, 0) is 17.9 Å². The van der Waals surface area contributed by atoms with E-state index < -0.39 is 6.09 Å². The average molecular weight is 603 g/mol. The van der Waals surface area contributed by atoms with Crippen molar-refractivity contribution in [1.82, 2.24) is 9.47 Å². The number of piperazine rings is 1. The molecule has 7 rings (SSSR count). The third-order valence-corrected chi connectivity index (χ3v) is 8.25. The molecule has 0 radical (unpaired) electrons. The number of nitrogens with zero attached hydrogens (tertiary/aromatic N) is 4. The van der Waals surface area contributed by atoms with Crippen LogP contribution in [0.25, 0.3) is 10.9 Å². The number of aromatic nitrogens is 1. The first-order valence-corrected chi connectivity index (χ1v) is 14.7. The number of carboxylic acid groups (broad SMARTS) is 1. The average Bonchev–Trinajstić information content (AvgIpc) is 3.40. The molecule has 45 heavy (non-hydrogen) atoms. The minimum atomic E-state index is -1.09. The summed E-state index contributed by atoms with van der Waals surface area (Å²) in [6, 6.07) is 29.7. The lowest BCUT2D eigenvalue weighted by Gasteiger charge is -2.36. The van der Waals surface area contributed by atoms with E-state index in [1.165, 1.54) is 4.57 Å². The van der Waals surface area contributed by atoms with Gasteiger partial charge in [0.25, 0.3) is 5.91 Å². The van der Waals surface area contributed by atoms with Gasteiger partial charge in [-0.3, -0.25) is 9.36 Å². The maximum atomic E-state index is 14.3. The van der Waals surface area contributed by atoms with Gasteiger partial charge in [0, 0.05) is 37.8 Å². The second-order valence-corrected chi connectivity index (χ2v) is 11.0. The molecule has 226 valence electrons. The fourth-order valence-electron chi connectivity index (χ4n) is 5.98. The summed E-state index contributed by atoms with van der Waals surface area (Å²) in [5.74, 6) is 0.708. The molecule has 1 fully saturated rings. The van der Waals surface area contributed by atoms with E-state index in [0.717, 1.165) is 16.6 Å². The van der Waals surface area contributed by atoms with Crippen molar-refractivity contribution in [3.05, 3.63) is 120 Å². The molecule has 0 saturated carbocycles. The zero-order chi connectivity index (χ0) is 30.9. The second kappa shape index (κ2) is 11.7. The summed E-state index contributed by atoms with van der Waals surface area (Å²) in [5, 5.41) is 10.5. The molecule has 3 heterocycles. The monoisotopic (exact) mass is 602 g/mol. The van der Waals surface area contributed by atoms with Gasteiger partial charge in [0.2, 0.25) is 0 Å². The van der Waals surface area contributed by atoms with E-state index in [1.807, 2.05) is 78.9 Å². The molecule has 1 saturated heterocycles. The van der Waals surface area contributed by atoms with Gasteiger partial charge in [-0.15, -0.1) is 0 Å². The smallest absolute Gasteiger partial charge is 0.416 e. The van der Waals surface area contributed by atoms with Crippen LogP contribution in [-0.4, -0.2) is 58.8 Å². The van der Waals surface area contributed by atoms with Gasteiger partial charge in [0.1, 0.15) is 6.61 Å². The zero-order valence-corrected chi connectivity index (χ0v) is 24.3.